The maximum Gasteiger partial charge on any atom is 0.0965 e. The van der Waals surface area contributed by atoms with Gasteiger partial charge in [0.05, 0.1) is 39.3 Å². The van der Waals surface area contributed by atoms with E-state index in [4.69, 9.17) is 0 Å². The highest BCUT2D eigenvalue weighted by Gasteiger charge is 2.35. The Morgan fingerprint density at radius 1 is 0.950 bits per heavy atom. The molecule has 4 heteroatoms. The highest BCUT2D eigenvalue weighted by molar-refractivity contribution is 7.17. The van der Waals surface area contributed by atoms with E-state index < -0.39 is 0 Å². The quantitative estimate of drug-likeness (QED) is 0.687. The van der Waals surface area contributed by atoms with E-state index in [0.29, 0.717) is 0 Å². The molecule has 2 aliphatic heterocycles. The van der Waals surface area contributed by atoms with Crippen LogP contribution in [0.25, 0.3) is 10.1 Å². The average molecular weight is 309 g/mol. The van der Waals surface area contributed by atoms with Gasteiger partial charge < -0.3 is 21.8 Å². The minimum Gasteiger partial charge on any atom is -1.00 e. The zero-order valence-corrected chi connectivity index (χ0v) is 13.3. The minimum atomic E-state index is 0. The summed E-state index contributed by atoms with van der Waals surface area (Å²) in [5.74, 6) is 0. The van der Waals surface area contributed by atoms with Crippen molar-refractivity contribution in [2.24, 2.45) is 0 Å². The van der Waals surface area contributed by atoms with Gasteiger partial charge in [0, 0.05) is 28.6 Å². The summed E-state index contributed by atoms with van der Waals surface area (Å²) in [4.78, 5) is 2.61. The SMILES string of the molecule is [Cl-].c1cc(N2CC[N+]3(CCCC3)CC2)c2ccsc2c1. The lowest BCUT2D eigenvalue weighted by atomic mass is 10.1. The molecule has 2 fully saturated rings. The molecule has 1 aromatic carbocycles. The van der Waals surface area contributed by atoms with Gasteiger partial charge in [0.2, 0.25) is 0 Å². The summed E-state index contributed by atoms with van der Waals surface area (Å²) in [7, 11) is 0. The number of anilines is 1. The smallest absolute Gasteiger partial charge is 0.0965 e. The van der Waals surface area contributed by atoms with Crippen molar-refractivity contribution < 1.29 is 16.9 Å². The molecule has 2 saturated heterocycles. The van der Waals surface area contributed by atoms with Gasteiger partial charge in [-0.05, 0) is 23.6 Å². The molecule has 0 radical (unpaired) electrons. The highest BCUT2D eigenvalue weighted by atomic mass is 35.5. The summed E-state index contributed by atoms with van der Waals surface area (Å²) in [6.07, 6.45) is 2.89. The number of thiophene rings is 1. The number of nitrogens with zero attached hydrogens (tertiary/aromatic N) is 2. The third kappa shape index (κ3) is 2.32. The first-order valence-electron chi connectivity index (χ1n) is 7.43. The first-order chi connectivity index (χ1) is 9.36. The van der Waals surface area contributed by atoms with E-state index in [9.17, 15) is 0 Å². The summed E-state index contributed by atoms with van der Waals surface area (Å²) in [5.41, 5.74) is 1.45. The van der Waals surface area contributed by atoms with E-state index in [1.54, 1.807) is 0 Å². The maximum absolute atomic E-state index is 2.61. The molecular formula is C16H21ClN2S. The standard InChI is InChI=1S/C16H21N2S.ClH/c1-2-10-18(9-1)11-7-17(8-12-18)15-4-3-5-16-14(15)6-13-19-16;/h3-6,13H,1-2,7-12H2;1H/q+1;/p-1. The fraction of sp³-hybridized carbons (Fsp3) is 0.500. The van der Waals surface area contributed by atoms with Crippen LogP contribution in [0.3, 0.4) is 0 Å². The predicted molar refractivity (Wildman–Crippen MR) is 83.0 cm³/mol. The van der Waals surface area contributed by atoms with Crippen LogP contribution in [0.5, 0.6) is 0 Å². The Morgan fingerprint density at radius 3 is 2.45 bits per heavy atom. The molecule has 4 rings (SSSR count). The molecule has 108 valence electrons. The number of hydrogen-bond donors (Lipinski definition) is 0. The van der Waals surface area contributed by atoms with Crippen LogP contribution in [-0.2, 0) is 0 Å². The highest BCUT2D eigenvalue weighted by Crippen LogP contribution is 2.32. The van der Waals surface area contributed by atoms with Crippen LogP contribution in [0.4, 0.5) is 5.69 Å². The topological polar surface area (TPSA) is 3.24 Å². The lowest BCUT2D eigenvalue weighted by Gasteiger charge is -2.43. The predicted octanol–water partition coefficient (Wildman–Crippen LogP) is 0.336. The van der Waals surface area contributed by atoms with E-state index in [0.717, 1.165) is 0 Å². The van der Waals surface area contributed by atoms with E-state index >= 15 is 0 Å². The molecule has 0 saturated carbocycles. The largest absolute Gasteiger partial charge is 1.00 e. The molecule has 1 spiro atoms. The van der Waals surface area contributed by atoms with Crippen molar-refractivity contribution in [3.8, 4) is 0 Å². The minimum absolute atomic E-state index is 0. The molecule has 3 heterocycles. The van der Waals surface area contributed by atoms with Gasteiger partial charge in [-0.2, -0.15) is 0 Å². The molecule has 1 aromatic heterocycles. The first-order valence-corrected chi connectivity index (χ1v) is 8.31. The van der Waals surface area contributed by atoms with Crippen molar-refractivity contribution in [3.05, 3.63) is 29.6 Å². The van der Waals surface area contributed by atoms with Gasteiger partial charge in [-0.15, -0.1) is 11.3 Å². The maximum atomic E-state index is 2.61. The third-order valence-electron chi connectivity index (χ3n) is 5.02. The third-order valence-corrected chi connectivity index (χ3v) is 5.90. The molecule has 2 aliphatic rings. The number of hydrogen-bond acceptors (Lipinski definition) is 2. The zero-order valence-electron chi connectivity index (χ0n) is 11.7. The molecule has 0 N–H and O–H groups in total. The van der Waals surface area contributed by atoms with Gasteiger partial charge in [-0.25, -0.2) is 0 Å². The van der Waals surface area contributed by atoms with Gasteiger partial charge in [0.25, 0.3) is 0 Å². The normalized spacial score (nSPS) is 21.3. The second-order valence-corrected chi connectivity index (χ2v) is 6.99. The van der Waals surface area contributed by atoms with Crippen LogP contribution in [0.2, 0.25) is 0 Å². The van der Waals surface area contributed by atoms with E-state index in [-0.39, 0.29) is 12.4 Å². The Hall–Kier alpha value is -0.770. The number of benzene rings is 1. The first kappa shape index (κ1) is 14.2. The molecule has 20 heavy (non-hydrogen) atoms. The van der Waals surface area contributed by atoms with Gasteiger partial charge in [0.15, 0.2) is 0 Å². The number of rotatable bonds is 1. The molecule has 0 bridgehead atoms. The van der Waals surface area contributed by atoms with Crippen LogP contribution < -0.4 is 17.3 Å². The second-order valence-electron chi connectivity index (χ2n) is 6.04. The molecule has 2 aromatic rings. The van der Waals surface area contributed by atoms with E-state index in [2.05, 4.69) is 34.5 Å². The number of fused-ring (bicyclic) bond motifs is 1. The monoisotopic (exact) mass is 308 g/mol. The van der Waals surface area contributed by atoms with Gasteiger partial charge in [-0.3, -0.25) is 0 Å². The van der Waals surface area contributed by atoms with Crippen LogP contribution in [0, 0.1) is 0 Å². The number of halogens is 1. The Morgan fingerprint density at radius 2 is 1.70 bits per heavy atom. The zero-order chi connectivity index (χ0) is 12.7. The molecule has 2 nitrogen and oxygen atoms in total. The lowest BCUT2D eigenvalue weighted by Crippen LogP contribution is -3.00. The van der Waals surface area contributed by atoms with Crippen molar-refractivity contribution in [1.82, 2.24) is 0 Å². The van der Waals surface area contributed by atoms with Crippen LogP contribution in [0.15, 0.2) is 29.6 Å². The Bertz CT molecular complexity index is 579. The van der Waals surface area contributed by atoms with Crippen molar-refractivity contribution >= 4 is 27.1 Å². The van der Waals surface area contributed by atoms with Crippen molar-refractivity contribution in [2.75, 3.05) is 44.2 Å². The Kier molecular flexibility index (Phi) is 3.93. The van der Waals surface area contributed by atoms with Gasteiger partial charge >= 0.3 is 0 Å². The summed E-state index contributed by atoms with van der Waals surface area (Å²) in [5, 5.41) is 3.66. The molecule has 0 amide bonds. The van der Waals surface area contributed by atoms with Crippen molar-refractivity contribution in [3.63, 3.8) is 0 Å². The Labute approximate surface area is 131 Å². The Balaban J connectivity index is 0.00000121. The molecular weight excluding hydrogens is 288 g/mol. The molecule has 0 aliphatic carbocycles. The summed E-state index contributed by atoms with van der Waals surface area (Å²) in [6.45, 7) is 8.01. The number of piperazine rings is 1. The fourth-order valence-corrected chi connectivity index (χ4v) is 4.64. The summed E-state index contributed by atoms with van der Waals surface area (Å²) < 4.78 is 2.82. The van der Waals surface area contributed by atoms with Crippen LogP contribution in [0.1, 0.15) is 12.8 Å². The van der Waals surface area contributed by atoms with Crippen molar-refractivity contribution in [1.29, 1.82) is 0 Å². The summed E-state index contributed by atoms with van der Waals surface area (Å²) >= 11 is 1.85. The average Bonchev–Trinajstić information content (AvgIpc) is 3.09. The van der Waals surface area contributed by atoms with E-state index in [1.807, 2.05) is 11.3 Å². The van der Waals surface area contributed by atoms with Crippen molar-refractivity contribution in [2.45, 2.75) is 12.8 Å². The second kappa shape index (κ2) is 5.55. The van der Waals surface area contributed by atoms with Crippen LogP contribution in [-0.4, -0.2) is 43.8 Å². The summed E-state index contributed by atoms with van der Waals surface area (Å²) in [6, 6.07) is 9.03. The van der Waals surface area contributed by atoms with Crippen LogP contribution >= 0.6 is 11.3 Å². The lowest BCUT2D eigenvalue weighted by molar-refractivity contribution is -0.917. The molecule has 0 unspecified atom stereocenters. The van der Waals surface area contributed by atoms with Gasteiger partial charge in [-0.1, -0.05) is 6.07 Å². The molecule has 0 atom stereocenters. The number of quaternary nitrogens is 1. The fourth-order valence-electron chi connectivity index (χ4n) is 3.84. The van der Waals surface area contributed by atoms with Gasteiger partial charge in [0.1, 0.15) is 0 Å². The van der Waals surface area contributed by atoms with E-state index in [1.165, 1.54) is 72.4 Å².